The predicted octanol–water partition coefficient (Wildman–Crippen LogP) is 4.80. The molecule has 110 valence electrons. The third kappa shape index (κ3) is 3.94. The fourth-order valence-corrected chi connectivity index (χ4v) is 2.15. The molecule has 0 saturated heterocycles. The maximum Gasteiger partial charge on any atom is 0.255 e. The summed E-state index contributed by atoms with van der Waals surface area (Å²) in [7, 11) is 0. The van der Waals surface area contributed by atoms with Crippen molar-refractivity contribution in [1.29, 1.82) is 0 Å². The number of nitrogens with one attached hydrogen (secondary N) is 1. The van der Waals surface area contributed by atoms with Crippen LogP contribution in [0.2, 0.25) is 0 Å². The molecule has 21 heavy (non-hydrogen) atoms. The van der Waals surface area contributed by atoms with Crippen molar-refractivity contribution in [2.24, 2.45) is 0 Å². The highest BCUT2D eigenvalue weighted by Gasteiger charge is 2.14. The Morgan fingerprint density at radius 3 is 2.00 bits per heavy atom. The number of hydrogen-bond acceptors (Lipinski definition) is 1. The summed E-state index contributed by atoms with van der Waals surface area (Å²) < 4.78 is 0. The summed E-state index contributed by atoms with van der Waals surface area (Å²) in [4.78, 5) is 12.2. The minimum atomic E-state index is -0.0697. The van der Waals surface area contributed by atoms with Crippen molar-refractivity contribution in [3.8, 4) is 0 Å². The first kappa shape index (κ1) is 15.3. The second-order valence-corrected chi connectivity index (χ2v) is 6.33. The van der Waals surface area contributed by atoms with E-state index < -0.39 is 0 Å². The highest BCUT2D eigenvalue weighted by atomic mass is 16.1. The number of anilines is 1. The minimum absolute atomic E-state index is 0.0697. The Kier molecular flexibility index (Phi) is 4.46. The van der Waals surface area contributed by atoms with Gasteiger partial charge in [0.2, 0.25) is 0 Å². The van der Waals surface area contributed by atoms with Crippen LogP contribution in [0.5, 0.6) is 0 Å². The van der Waals surface area contributed by atoms with E-state index in [0.717, 1.165) is 12.1 Å². The lowest BCUT2D eigenvalue weighted by molar-refractivity contribution is 0.102. The molecule has 0 radical (unpaired) electrons. The summed E-state index contributed by atoms with van der Waals surface area (Å²) in [6.45, 7) is 8.61. The van der Waals surface area contributed by atoms with Crippen molar-refractivity contribution in [3.05, 3.63) is 65.2 Å². The van der Waals surface area contributed by atoms with E-state index >= 15 is 0 Å². The summed E-state index contributed by atoms with van der Waals surface area (Å²) in [6.07, 6.45) is 1.00. The SMILES string of the molecule is CCc1ccc(NC(=O)c2ccc(C(C)(C)C)cc2)cc1. The summed E-state index contributed by atoms with van der Waals surface area (Å²) in [5.74, 6) is -0.0697. The molecule has 2 aromatic rings. The van der Waals surface area contributed by atoms with Gasteiger partial charge in [0.25, 0.3) is 5.91 Å². The molecule has 0 atom stereocenters. The van der Waals surface area contributed by atoms with Gasteiger partial charge in [0.15, 0.2) is 0 Å². The topological polar surface area (TPSA) is 29.1 Å². The summed E-state index contributed by atoms with van der Waals surface area (Å²) in [5.41, 5.74) is 4.11. The molecule has 0 saturated carbocycles. The molecule has 0 spiro atoms. The lowest BCUT2D eigenvalue weighted by Gasteiger charge is -2.19. The number of hydrogen-bond donors (Lipinski definition) is 1. The predicted molar refractivity (Wildman–Crippen MR) is 88.9 cm³/mol. The minimum Gasteiger partial charge on any atom is -0.322 e. The Bertz CT molecular complexity index is 604. The van der Waals surface area contributed by atoms with E-state index in [9.17, 15) is 4.79 Å². The van der Waals surface area contributed by atoms with E-state index in [0.29, 0.717) is 5.56 Å². The van der Waals surface area contributed by atoms with Gasteiger partial charge in [0, 0.05) is 11.3 Å². The van der Waals surface area contributed by atoms with Crippen LogP contribution in [-0.4, -0.2) is 5.91 Å². The molecule has 0 aromatic heterocycles. The zero-order valence-electron chi connectivity index (χ0n) is 13.2. The van der Waals surface area contributed by atoms with Gasteiger partial charge in [-0.05, 0) is 47.2 Å². The Labute approximate surface area is 127 Å². The van der Waals surface area contributed by atoms with Crippen LogP contribution in [0.4, 0.5) is 5.69 Å². The van der Waals surface area contributed by atoms with Gasteiger partial charge < -0.3 is 5.32 Å². The summed E-state index contributed by atoms with van der Waals surface area (Å²) >= 11 is 0. The first-order valence-electron chi connectivity index (χ1n) is 7.41. The number of benzene rings is 2. The Morgan fingerprint density at radius 2 is 1.52 bits per heavy atom. The smallest absolute Gasteiger partial charge is 0.255 e. The average molecular weight is 281 g/mol. The van der Waals surface area contributed by atoms with Gasteiger partial charge in [0.05, 0.1) is 0 Å². The quantitative estimate of drug-likeness (QED) is 0.860. The molecule has 2 aromatic carbocycles. The van der Waals surface area contributed by atoms with Crippen LogP contribution < -0.4 is 5.32 Å². The van der Waals surface area contributed by atoms with Gasteiger partial charge in [-0.25, -0.2) is 0 Å². The van der Waals surface area contributed by atoms with Crippen LogP contribution in [0.25, 0.3) is 0 Å². The van der Waals surface area contributed by atoms with Crippen LogP contribution in [0, 0.1) is 0 Å². The second-order valence-electron chi connectivity index (χ2n) is 6.33. The Balaban J connectivity index is 2.09. The summed E-state index contributed by atoms with van der Waals surface area (Å²) in [5, 5.41) is 2.93. The molecule has 0 bridgehead atoms. The zero-order chi connectivity index (χ0) is 15.5. The Morgan fingerprint density at radius 1 is 0.952 bits per heavy atom. The maximum atomic E-state index is 12.2. The Hall–Kier alpha value is -2.09. The molecular formula is C19H23NO. The van der Waals surface area contributed by atoms with Gasteiger partial charge in [-0.3, -0.25) is 4.79 Å². The van der Waals surface area contributed by atoms with Crippen LogP contribution in [0.1, 0.15) is 49.2 Å². The van der Waals surface area contributed by atoms with Crippen LogP contribution in [0.15, 0.2) is 48.5 Å². The number of amides is 1. The zero-order valence-corrected chi connectivity index (χ0v) is 13.2. The number of carbonyl (C=O) groups excluding carboxylic acids is 1. The van der Waals surface area contributed by atoms with Gasteiger partial charge in [-0.1, -0.05) is 52.0 Å². The lowest BCUT2D eigenvalue weighted by atomic mass is 9.87. The van der Waals surface area contributed by atoms with Crippen molar-refractivity contribution in [2.45, 2.75) is 39.5 Å². The van der Waals surface area contributed by atoms with Crippen molar-refractivity contribution in [1.82, 2.24) is 0 Å². The van der Waals surface area contributed by atoms with E-state index in [4.69, 9.17) is 0 Å². The second kappa shape index (κ2) is 6.13. The van der Waals surface area contributed by atoms with Gasteiger partial charge in [-0.15, -0.1) is 0 Å². The van der Waals surface area contributed by atoms with E-state index in [2.05, 4.69) is 33.0 Å². The molecular weight excluding hydrogens is 258 g/mol. The molecule has 0 aliphatic rings. The van der Waals surface area contributed by atoms with E-state index in [1.165, 1.54) is 11.1 Å². The van der Waals surface area contributed by atoms with Gasteiger partial charge in [-0.2, -0.15) is 0 Å². The standard InChI is InChI=1S/C19H23NO/c1-5-14-6-12-17(13-7-14)20-18(21)15-8-10-16(11-9-15)19(2,3)4/h6-13H,5H2,1-4H3,(H,20,21). The van der Waals surface area contributed by atoms with Crippen molar-refractivity contribution in [3.63, 3.8) is 0 Å². The van der Waals surface area contributed by atoms with E-state index in [1.807, 2.05) is 48.5 Å². The average Bonchev–Trinajstić information content (AvgIpc) is 2.47. The molecule has 0 fully saturated rings. The highest BCUT2D eigenvalue weighted by molar-refractivity contribution is 6.04. The number of aryl methyl sites for hydroxylation is 1. The molecule has 0 aliphatic carbocycles. The van der Waals surface area contributed by atoms with Crippen molar-refractivity contribution >= 4 is 11.6 Å². The first-order valence-corrected chi connectivity index (χ1v) is 7.41. The van der Waals surface area contributed by atoms with Gasteiger partial charge in [0.1, 0.15) is 0 Å². The molecule has 0 unspecified atom stereocenters. The van der Waals surface area contributed by atoms with E-state index in [1.54, 1.807) is 0 Å². The lowest BCUT2D eigenvalue weighted by Crippen LogP contribution is -2.14. The molecule has 2 heteroatoms. The monoisotopic (exact) mass is 281 g/mol. The highest BCUT2D eigenvalue weighted by Crippen LogP contribution is 2.22. The van der Waals surface area contributed by atoms with Crippen molar-refractivity contribution in [2.75, 3.05) is 5.32 Å². The van der Waals surface area contributed by atoms with Crippen LogP contribution in [-0.2, 0) is 11.8 Å². The van der Waals surface area contributed by atoms with Gasteiger partial charge >= 0.3 is 0 Å². The number of carbonyl (C=O) groups is 1. The molecule has 1 N–H and O–H groups in total. The maximum absolute atomic E-state index is 12.2. The van der Waals surface area contributed by atoms with Crippen LogP contribution in [0.3, 0.4) is 0 Å². The normalized spacial score (nSPS) is 11.2. The van der Waals surface area contributed by atoms with Crippen LogP contribution >= 0.6 is 0 Å². The molecule has 0 heterocycles. The molecule has 1 amide bonds. The summed E-state index contributed by atoms with van der Waals surface area (Å²) in [6, 6.07) is 15.8. The fourth-order valence-electron chi connectivity index (χ4n) is 2.15. The third-order valence-corrected chi connectivity index (χ3v) is 3.63. The third-order valence-electron chi connectivity index (χ3n) is 3.63. The van der Waals surface area contributed by atoms with Crippen molar-refractivity contribution < 1.29 is 4.79 Å². The fraction of sp³-hybridized carbons (Fsp3) is 0.316. The number of rotatable bonds is 3. The molecule has 2 rings (SSSR count). The first-order chi connectivity index (χ1) is 9.90. The largest absolute Gasteiger partial charge is 0.322 e. The molecule has 2 nitrogen and oxygen atoms in total. The van der Waals surface area contributed by atoms with E-state index in [-0.39, 0.29) is 11.3 Å². The molecule has 0 aliphatic heterocycles.